The molecule has 1 atom stereocenters. The molecule has 0 aliphatic heterocycles. The maximum absolute atomic E-state index is 12.5. The molecule has 0 bridgehead atoms. The van der Waals surface area contributed by atoms with Crippen molar-refractivity contribution in [3.05, 3.63) is 47.3 Å². The van der Waals surface area contributed by atoms with Crippen molar-refractivity contribution >= 4 is 17.8 Å². The van der Waals surface area contributed by atoms with Crippen molar-refractivity contribution in [1.29, 1.82) is 0 Å². The Bertz CT molecular complexity index is 872. The lowest BCUT2D eigenvalue weighted by Gasteiger charge is -2.26. The topological polar surface area (TPSA) is 99.5 Å². The number of ether oxygens (including phenoxy) is 2. The Labute approximate surface area is 163 Å². The average Bonchev–Trinajstić information content (AvgIpc) is 3.08. The third-order valence-electron chi connectivity index (χ3n) is 4.61. The van der Waals surface area contributed by atoms with E-state index in [0.29, 0.717) is 28.9 Å². The lowest BCUT2D eigenvalue weighted by atomic mass is 9.98. The van der Waals surface area contributed by atoms with E-state index < -0.39 is 17.5 Å². The molecule has 0 saturated carbocycles. The van der Waals surface area contributed by atoms with E-state index in [4.69, 9.17) is 9.47 Å². The quantitative estimate of drug-likeness (QED) is 0.733. The molecular weight excluding hydrogens is 362 g/mol. The SMILES string of the molecule is CCOC(=O)c1cnn(-c2ccc(C(=O)NC(C)(CC)C(=O)OC)cc2)c1C. The molecule has 1 unspecified atom stereocenters. The van der Waals surface area contributed by atoms with Crippen LogP contribution in [0.4, 0.5) is 0 Å². The fraction of sp³-hybridized carbons (Fsp3) is 0.400. The van der Waals surface area contributed by atoms with Crippen LogP contribution in [-0.4, -0.2) is 46.9 Å². The molecule has 0 radical (unpaired) electrons. The summed E-state index contributed by atoms with van der Waals surface area (Å²) in [7, 11) is 1.29. The number of amides is 1. The van der Waals surface area contributed by atoms with E-state index in [0.717, 1.165) is 0 Å². The number of hydrogen-bond donors (Lipinski definition) is 1. The van der Waals surface area contributed by atoms with Crippen LogP contribution >= 0.6 is 0 Å². The maximum Gasteiger partial charge on any atom is 0.341 e. The number of esters is 2. The van der Waals surface area contributed by atoms with Crippen molar-refractivity contribution in [3.8, 4) is 5.69 Å². The summed E-state index contributed by atoms with van der Waals surface area (Å²) in [5.41, 5.74) is 1.01. The normalized spacial score (nSPS) is 12.8. The molecular formula is C20H25N3O5. The highest BCUT2D eigenvalue weighted by molar-refractivity contribution is 5.98. The highest BCUT2D eigenvalue weighted by Gasteiger charge is 2.34. The monoisotopic (exact) mass is 387 g/mol. The van der Waals surface area contributed by atoms with Crippen molar-refractivity contribution in [1.82, 2.24) is 15.1 Å². The van der Waals surface area contributed by atoms with Crippen molar-refractivity contribution in [2.75, 3.05) is 13.7 Å². The van der Waals surface area contributed by atoms with Gasteiger partial charge in [0, 0.05) is 5.56 Å². The summed E-state index contributed by atoms with van der Waals surface area (Å²) >= 11 is 0. The number of aromatic nitrogens is 2. The highest BCUT2D eigenvalue weighted by atomic mass is 16.5. The Morgan fingerprint density at radius 3 is 2.36 bits per heavy atom. The zero-order valence-corrected chi connectivity index (χ0v) is 16.7. The van der Waals surface area contributed by atoms with Crippen LogP contribution in [-0.2, 0) is 14.3 Å². The van der Waals surface area contributed by atoms with Gasteiger partial charge in [-0.15, -0.1) is 0 Å². The molecule has 8 heteroatoms. The van der Waals surface area contributed by atoms with Gasteiger partial charge in [0.05, 0.1) is 31.3 Å². The lowest BCUT2D eigenvalue weighted by Crippen LogP contribution is -2.52. The van der Waals surface area contributed by atoms with Crippen molar-refractivity contribution in [2.45, 2.75) is 39.7 Å². The molecule has 150 valence electrons. The Morgan fingerprint density at radius 1 is 1.18 bits per heavy atom. The fourth-order valence-corrected chi connectivity index (χ4v) is 2.66. The van der Waals surface area contributed by atoms with E-state index in [-0.39, 0.29) is 12.5 Å². The first-order valence-electron chi connectivity index (χ1n) is 9.00. The first-order valence-corrected chi connectivity index (χ1v) is 9.00. The summed E-state index contributed by atoms with van der Waals surface area (Å²) in [6, 6.07) is 6.68. The molecule has 0 fully saturated rings. The van der Waals surface area contributed by atoms with Crippen LogP contribution in [0.25, 0.3) is 5.69 Å². The molecule has 8 nitrogen and oxygen atoms in total. The standard InChI is InChI=1S/C20H25N3O5/c1-6-20(4,19(26)27-5)22-17(24)14-8-10-15(11-9-14)23-13(3)16(12-21-23)18(25)28-7-2/h8-12H,6-7H2,1-5H3,(H,22,24). The third-order valence-corrected chi connectivity index (χ3v) is 4.61. The third kappa shape index (κ3) is 4.21. The molecule has 0 aliphatic carbocycles. The van der Waals surface area contributed by atoms with Crippen LogP contribution in [0.2, 0.25) is 0 Å². The fourth-order valence-electron chi connectivity index (χ4n) is 2.66. The van der Waals surface area contributed by atoms with Crippen LogP contribution in [0, 0.1) is 6.92 Å². The van der Waals surface area contributed by atoms with Crippen LogP contribution in [0.1, 0.15) is 53.6 Å². The highest BCUT2D eigenvalue weighted by Crippen LogP contribution is 2.17. The number of carbonyl (C=O) groups excluding carboxylic acids is 3. The lowest BCUT2D eigenvalue weighted by molar-refractivity contribution is -0.147. The average molecular weight is 387 g/mol. The summed E-state index contributed by atoms with van der Waals surface area (Å²) in [5, 5.41) is 6.94. The number of nitrogens with zero attached hydrogens (tertiary/aromatic N) is 2. The zero-order valence-electron chi connectivity index (χ0n) is 16.7. The van der Waals surface area contributed by atoms with Gasteiger partial charge in [-0.3, -0.25) is 4.79 Å². The minimum absolute atomic E-state index is 0.287. The molecule has 1 aromatic carbocycles. The Morgan fingerprint density at radius 2 is 1.82 bits per heavy atom. The summed E-state index contributed by atoms with van der Waals surface area (Å²) in [5.74, 6) is -1.31. The summed E-state index contributed by atoms with van der Waals surface area (Å²) in [4.78, 5) is 36.4. The Hall–Kier alpha value is -3.16. The van der Waals surface area contributed by atoms with E-state index in [1.54, 1.807) is 56.6 Å². The van der Waals surface area contributed by atoms with Crippen LogP contribution in [0.5, 0.6) is 0 Å². The number of carbonyl (C=O) groups is 3. The van der Waals surface area contributed by atoms with Crippen LogP contribution in [0.3, 0.4) is 0 Å². The molecule has 2 aromatic rings. The van der Waals surface area contributed by atoms with E-state index >= 15 is 0 Å². The Kier molecular flexibility index (Phi) is 6.56. The minimum atomic E-state index is -1.10. The predicted molar refractivity (Wildman–Crippen MR) is 102 cm³/mol. The smallest absolute Gasteiger partial charge is 0.341 e. The molecule has 0 saturated heterocycles. The van der Waals surface area contributed by atoms with Gasteiger partial charge in [-0.2, -0.15) is 5.10 Å². The molecule has 2 rings (SSSR count). The van der Waals surface area contributed by atoms with E-state index in [9.17, 15) is 14.4 Å². The molecule has 1 amide bonds. The molecule has 28 heavy (non-hydrogen) atoms. The first-order chi connectivity index (χ1) is 13.3. The van der Waals surface area contributed by atoms with Gasteiger partial charge in [0.1, 0.15) is 11.1 Å². The molecule has 1 N–H and O–H groups in total. The second kappa shape index (κ2) is 8.69. The minimum Gasteiger partial charge on any atom is -0.467 e. The molecule has 1 heterocycles. The van der Waals surface area contributed by atoms with Gasteiger partial charge in [-0.1, -0.05) is 6.92 Å². The molecule has 0 spiro atoms. The van der Waals surface area contributed by atoms with Gasteiger partial charge in [-0.05, 0) is 51.5 Å². The molecule has 1 aromatic heterocycles. The summed E-state index contributed by atoms with van der Waals surface area (Å²) in [6.45, 7) is 7.21. The summed E-state index contributed by atoms with van der Waals surface area (Å²) in [6.07, 6.45) is 1.85. The second-order valence-corrected chi connectivity index (χ2v) is 6.45. The summed E-state index contributed by atoms with van der Waals surface area (Å²) < 4.78 is 11.4. The number of methoxy groups -OCH3 is 1. The number of nitrogens with one attached hydrogen (secondary N) is 1. The van der Waals surface area contributed by atoms with E-state index in [2.05, 4.69) is 10.4 Å². The van der Waals surface area contributed by atoms with Crippen molar-refractivity contribution < 1.29 is 23.9 Å². The predicted octanol–water partition coefficient (Wildman–Crippen LogP) is 2.43. The van der Waals surface area contributed by atoms with Crippen molar-refractivity contribution in [2.24, 2.45) is 0 Å². The maximum atomic E-state index is 12.5. The van der Waals surface area contributed by atoms with E-state index in [1.165, 1.54) is 13.3 Å². The van der Waals surface area contributed by atoms with E-state index in [1.807, 2.05) is 0 Å². The number of hydrogen-bond acceptors (Lipinski definition) is 6. The van der Waals surface area contributed by atoms with Gasteiger partial charge in [0.2, 0.25) is 0 Å². The van der Waals surface area contributed by atoms with Gasteiger partial charge in [0.15, 0.2) is 0 Å². The zero-order chi connectivity index (χ0) is 20.9. The van der Waals surface area contributed by atoms with Gasteiger partial charge >= 0.3 is 11.9 Å². The van der Waals surface area contributed by atoms with Crippen LogP contribution < -0.4 is 5.32 Å². The van der Waals surface area contributed by atoms with Crippen LogP contribution in [0.15, 0.2) is 30.5 Å². The second-order valence-electron chi connectivity index (χ2n) is 6.45. The number of rotatable bonds is 7. The van der Waals surface area contributed by atoms with Gasteiger partial charge in [0.25, 0.3) is 5.91 Å². The number of benzene rings is 1. The largest absolute Gasteiger partial charge is 0.467 e. The van der Waals surface area contributed by atoms with Crippen molar-refractivity contribution in [3.63, 3.8) is 0 Å². The van der Waals surface area contributed by atoms with Gasteiger partial charge < -0.3 is 14.8 Å². The first kappa shape index (κ1) is 21.1. The Balaban J connectivity index is 2.21. The molecule has 0 aliphatic rings. The van der Waals surface area contributed by atoms with Gasteiger partial charge in [-0.25, -0.2) is 14.3 Å².